The van der Waals surface area contributed by atoms with Crippen LogP contribution >= 0.6 is 0 Å². The van der Waals surface area contributed by atoms with Crippen molar-refractivity contribution < 1.29 is 19.4 Å². The number of hydrogen-bond donors (Lipinski definition) is 1. The Hall–Kier alpha value is -1.30. The maximum atomic E-state index is 12.2. The Morgan fingerprint density at radius 3 is 2.28 bits per heavy atom. The molecule has 6 heteroatoms. The van der Waals surface area contributed by atoms with Crippen LogP contribution in [0, 0.1) is 0 Å². The molecule has 0 aromatic carbocycles. The molecule has 0 aromatic rings. The summed E-state index contributed by atoms with van der Waals surface area (Å²) in [7, 11) is 3.08. The minimum atomic E-state index is -1.01. The predicted molar refractivity (Wildman–Crippen MR) is 68.6 cm³/mol. The zero-order valence-corrected chi connectivity index (χ0v) is 11.8. The van der Waals surface area contributed by atoms with E-state index in [1.807, 2.05) is 13.8 Å². The smallest absolute Gasteiger partial charge is 0.326 e. The van der Waals surface area contributed by atoms with Gasteiger partial charge in [0.15, 0.2) is 0 Å². The van der Waals surface area contributed by atoms with E-state index in [1.165, 1.54) is 18.9 Å². The van der Waals surface area contributed by atoms with Gasteiger partial charge in [0.05, 0.1) is 6.61 Å². The quantitative estimate of drug-likeness (QED) is 0.748. The molecule has 0 saturated carbocycles. The van der Waals surface area contributed by atoms with E-state index in [-0.39, 0.29) is 12.1 Å². The number of likely N-dealkylation sites (N-methyl/N-ethyl adjacent to an activating group) is 1. The lowest BCUT2D eigenvalue weighted by Crippen LogP contribution is -2.51. The van der Waals surface area contributed by atoms with Crippen molar-refractivity contribution in [3.8, 4) is 0 Å². The number of carboxylic acid groups (broad SMARTS) is 1. The first-order valence-corrected chi connectivity index (χ1v) is 6.11. The van der Waals surface area contributed by atoms with Crippen LogP contribution in [0.2, 0.25) is 0 Å². The van der Waals surface area contributed by atoms with Crippen molar-refractivity contribution in [2.75, 3.05) is 27.3 Å². The topological polar surface area (TPSA) is 70.1 Å². The monoisotopic (exact) mass is 260 g/mol. The summed E-state index contributed by atoms with van der Waals surface area (Å²) in [4.78, 5) is 26.0. The number of aliphatic carboxylic acids is 1. The molecule has 2 unspecified atom stereocenters. The van der Waals surface area contributed by atoms with Crippen molar-refractivity contribution in [3.63, 3.8) is 0 Å². The lowest BCUT2D eigenvalue weighted by Gasteiger charge is -2.33. The molecule has 106 valence electrons. The minimum Gasteiger partial charge on any atom is -0.480 e. The summed E-state index contributed by atoms with van der Waals surface area (Å²) in [6.45, 7) is 6.31. The first-order chi connectivity index (χ1) is 8.36. The highest BCUT2D eigenvalue weighted by Crippen LogP contribution is 2.09. The van der Waals surface area contributed by atoms with E-state index in [9.17, 15) is 9.59 Å². The third kappa shape index (κ3) is 4.52. The van der Waals surface area contributed by atoms with Crippen molar-refractivity contribution in [2.24, 2.45) is 0 Å². The highest BCUT2D eigenvalue weighted by molar-refractivity contribution is 5.82. The first kappa shape index (κ1) is 16.7. The Kier molecular flexibility index (Phi) is 7.35. The van der Waals surface area contributed by atoms with Crippen LogP contribution in [0.3, 0.4) is 0 Å². The van der Waals surface area contributed by atoms with Crippen LogP contribution in [0.15, 0.2) is 0 Å². The van der Waals surface area contributed by atoms with E-state index in [0.29, 0.717) is 13.2 Å². The van der Waals surface area contributed by atoms with Gasteiger partial charge >= 0.3 is 12.0 Å². The summed E-state index contributed by atoms with van der Waals surface area (Å²) in [5.41, 5.74) is 0. The minimum absolute atomic E-state index is 0.0519. The summed E-state index contributed by atoms with van der Waals surface area (Å²) in [5, 5.41) is 8.92. The second kappa shape index (κ2) is 7.92. The van der Waals surface area contributed by atoms with Crippen LogP contribution in [0.25, 0.3) is 0 Å². The molecule has 0 rings (SSSR count). The molecule has 0 aliphatic heterocycles. The highest BCUT2D eigenvalue weighted by atomic mass is 16.5. The Labute approximate surface area is 109 Å². The van der Waals surface area contributed by atoms with Gasteiger partial charge in [-0.25, -0.2) is 9.59 Å². The molecule has 0 heterocycles. The highest BCUT2D eigenvalue weighted by Gasteiger charge is 2.27. The van der Waals surface area contributed by atoms with Gasteiger partial charge in [0.25, 0.3) is 0 Å². The summed E-state index contributed by atoms with van der Waals surface area (Å²) in [5.74, 6) is -1.01. The summed E-state index contributed by atoms with van der Waals surface area (Å²) in [6.07, 6.45) is 0.810. The largest absolute Gasteiger partial charge is 0.480 e. The number of rotatable bonds is 7. The molecular formula is C12H24N2O4. The molecule has 18 heavy (non-hydrogen) atoms. The van der Waals surface area contributed by atoms with Crippen molar-refractivity contribution >= 4 is 12.0 Å². The van der Waals surface area contributed by atoms with Crippen LogP contribution in [-0.4, -0.2) is 66.3 Å². The standard InChI is InChI=1S/C12H24N2O4/c1-6-9(2)14(7-8-18-5)12(17)13(4)10(3)11(15)16/h9-10H,6-8H2,1-5H3,(H,15,16). The van der Waals surface area contributed by atoms with Gasteiger partial charge in [-0.05, 0) is 20.3 Å². The van der Waals surface area contributed by atoms with E-state index in [2.05, 4.69) is 0 Å². The summed E-state index contributed by atoms with van der Waals surface area (Å²) in [6, 6.07) is -1.07. The fraction of sp³-hybridized carbons (Fsp3) is 0.833. The number of carbonyl (C=O) groups excluding carboxylic acids is 1. The van der Waals surface area contributed by atoms with Gasteiger partial charge in [0, 0.05) is 26.7 Å². The van der Waals surface area contributed by atoms with Crippen molar-refractivity contribution in [1.29, 1.82) is 0 Å². The van der Waals surface area contributed by atoms with Gasteiger partial charge < -0.3 is 19.6 Å². The molecule has 0 bridgehead atoms. The van der Waals surface area contributed by atoms with Crippen LogP contribution in [-0.2, 0) is 9.53 Å². The van der Waals surface area contributed by atoms with Gasteiger partial charge in [-0.3, -0.25) is 0 Å². The zero-order chi connectivity index (χ0) is 14.3. The van der Waals surface area contributed by atoms with Crippen molar-refractivity contribution in [2.45, 2.75) is 39.3 Å². The number of hydrogen-bond acceptors (Lipinski definition) is 3. The number of methoxy groups -OCH3 is 1. The second-order valence-corrected chi connectivity index (χ2v) is 4.35. The molecular weight excluding hydrogens is 236 g/mol. The molecule has 2 amide bonds. The Balaban J connectivity index is 4.77. The number of amides is 2. The van der Waals surface area contributed by atoms with E-state index in [0.717, 1.165) is 6.42 Å². The van der Waals surface area contributed by atoms with Gasteiger partial charge in [-0.1, -0.05) is 6.92 Å². The third-order valence-electron chi connectivity index (χ3n) is 3.14. The van der Waals surface area contributed by atoms with E-state index in [4.69, 9.17) is 9.84 Å². The number of nitrogens with zero attached hydrogens (tertiary/aromatic N) is 2. The number of ether oxygens (including phenoxy) is 1. The summed E-state index contributed by atoms with van der Waals surface area (Å²) < 4.78 is 4.98. The van der Waals surface area contributed by atoms with Gasteiger partial charge in [0.1, 0.15) is 6.04 Å². The van der Waals surface area contributed by atoms with Crippen LogP contribution in [0.1, 0.15) is 27.2 Å². The molecule has 0 aliphatic rings. The molecule has 0 aliphatic carbocycles. The molecule has 1 N–H and O–H groups in total. The van der Waals surface area contributed by atoms with Crippen LogP contribution in [0.5, 0.6) is 0 Å². The molecule has 0 radical (unpaired) electrons. The summed E-state index contributed by atoms with van der Waals surface area (Å²) >= 11 is 0. The first-order valence-electron chi connectivity index (χ1n) is 6.11. The van der Waals surface area contributed by atoms with Crippen LogP contribution in [0.4, 0.5) is 4.79 Å². The lowest BCUT2D eigenvalue weighted by atomic mass is 10.2. The molecule has 0 aromatic heterocycles. The second-order valence-electron chi connectivity index (χ2n) is 4.35. The SMILES string of the molecule is CCC(C)N(CCOC)C(=O)N(C)C(C)C(=O)O. The third-order valence-corrected chi connectivity index (χ3v) is 3.14. The van der Waals surface area contributed by atoms with Gasteiger partial charge in [-0.2, -0.15) is 0 Å². The van der Waals surface area contributed by atoms with Crippen molar-refractivity contribution in [1.82, 2.24) is 9.80 Å². The average molecular weight is 260 g/mol. The Bertz CT molecular complexity index is 283. The molecule has 0 saturated heterocycles. The lowest BCUT2D eigenvalue weighted by molar-refractivity contribution is -0.141. The normalized spacial score (nSPS) is 13.8. The molecule has 2 atom stereocenters. The Morgan fingerprint density at radius 1 is 1.33 bits per heavy atom. The van der Waals surface area contributed by atoms with Gasteiger partial charge in [0.2, 0.25) is 0 Å². The van der Waals surface area contributed by atoms with Crippen LogP contribution < -0.4 is 0 Å². The fourth-order valence-electron chi connectivity index (χ4n) is 1.45. The fourth-order valence-corrected chi connectivity index (χ4v) is 1.45. The molecule has 0 spiro atoms. The predicted octanol–water partition coefficient (Wildman–Crippen LogP) is 1.26. The van der Waals surface area contributed by atoms with Gasteiger partial charge in [-0.15, -0.1) is 0 Å². The van der Waals surface area contributed by atoms with E-state index in [1.54, 1.807) is 12.0 Å². The molecule has 6 nitrogen and oxygen atoms in total. The average Bonchev–Trinajstić information content (AvgIpc) is 2.36. The Morgan fingerprint density at radius 2 is 1.89 bits per heavy atom. The van der Waals surface area contributed by atoms with E-state index < -0.39 is 12.0 Å². The van der Waals surface area contributed by atoms with Crippen molar-refractivity contribution in [3.05, 3.63) is 0 Å². The maximum absolute atomic E-state index is 12.2. The zero-order valence-electron chi connectivity index (χ0n) is 11.8. The number of urea groups is 1. The maximum Gasteiger partial charge on any atom is 0.326 e. The number of carboxylic acids is 1. The van der Waals surface area contributed by atoms with E-state index >= 15 is 0 Å². The molecule has 0 fully saturated rings. The number of carbonyl (C=O) groups is 2.